The average Bonchev–Trinajstić information content (AvgIpc) is 3.00. The molecule has 6 nitrogen and oxygen atoms in total. The van der Waals surface area contributed by atoms with Crippen molar-refractivity contribution in [2.45, 2.75) is 17.8 Å². The first-order valence-electron chi connectivity index (χ1n) is 7.71. The number of thioether (sulfide) groups is 1. The topological polar surface area (TPSA) is 69.0 Å². The van der Waals surface area contributed by atoms with Gasteiger partial charge in [-0.2, -0.15) is 0 Å². The molecule has 0 bridgehead atoms. The van der Waals surface area contributed by atoms with Gasteiger partial charge in [0, 0.05) is 11.3 Å². The molecule has 0 radical (unpaired) electrons. The summed E-state index contributed by atoms with van der Waals surface area (Å²) in [6.07, 6.45) is 0. The average molecular weight is 354 g/mol. The Morgan fingerprint density at radius 1 is 1.16 bits per heavy atom. The molecule has 7 heteroatoms. The Morgan fingerprint density at radius 3 is 2.72 bits per heavy atom. The summed E-state index contributed by atoms with van der Waals surface area (Å²) in [5, 5.41) is 8.85. The SMILES string of the molecule is COc1cccc(C(=O)Nn2c(C)nnc2SCc2ccccc2)c1. The first kappa shape index (κ1) is 17.0. The molecule has 3 aromatic rings. The summed E-state index contributed by atoms with van der Waals surface area (Å²) < 4.78 is 6.77. The first-order valence-corrected chi connectivity index (χ1v) is 8.70. The second-order valence-electron chi connectivity index (χ2n) is 5.31. The molecule has 0 aliphatic heterocycles. The van der Waals surface area contributed by atoms with Crippen molar-refractivity contribution < 1.29 is 9.53 Å². The number of hydrogen-bond acceptors (Lipinski definition) is 5. The van der Waals surface area contributed by atoms with E-state index in [9.17, 15) is 4.79 Å². The summed E-state index contributed by atoms with van der Waals surface area (Å²) in [6, 6.07) is 17.1. The number of hydrogen-bond donors (Lipinski definition) is 1. The number of nitrogens with zero attached hydrogens (tertiary/aromatic N) is 3. The number of aryl methyl sites for hydroxylation is 1. The van der Waals surface area contributed by atoms with E-state index < -0.39 is 0 Å². The van der Waals surface area contributed by atoms with Gasteiger partial charge in [-0.1, -0.05) is 48.2 Å². The molecule has 0 unspecified atom stereocenters. The number of amides is 1. The van der Waals surface area contributed by atoms with Crippen LogP contribution in [-0.4, -0.2) is 27.9 Å². The fraction of sp³-hybridized carbons (Fsp3) is 0.167. The minimum absolute atomic E-state index is 0.247. The van der Waals surface area contributed by atoms with Crippen molar-refractivity contribution in [3.05, 3.63) is 71.5 Å². The van der Waals surface area contributed by atoms with Gasteiger partial charge >= 0.3 is 0 Å². The molecule has 1 aromatic heterocycles. The summed E-state index contributed by atoms with van der Waals surface area (Å²) in [5.41, 5.74) is 4.52. The standard InChI is InChI=1S/C18H18N4O2S/c1-13-19-20-18(25-12-14-7-4-3-5-8-14)22(13)21-17(23)15-9-6-10-16(11-15)24-2/h3-11H,12H2,1-2H3,(H,21,23). The van der Waals surface area contributed by atoms with Crippen molar-refractivity contribution in [3.8, 4) is 5.75 Å². The lowest BCUT2D eigenvalue weighted by atomic mass is 10.2. The van der Waals surface area contributed by atoms with E-state index in [1.807, 2.05) is 18.2 Å². The van der Waals surface area contributed by atoms with Crippen LogP contribution in [0.2, 0.25) is 0 Å². The van der Waals surface area contributed by atoms with Gasteiger partial charge in [0.05, 0.1) is 7.11 Å². The van der Waals surface area contributed by atoms with Crippen LogP contribution in [0.25, 0.3) is 0 Å². The minimum atomic E-state index is -0.247. The first-order chi connectivity index (χ1) is 12.2. The number of carbonyl (C=O) groups is 1. The van der Waals surface area contributed by atoms with E-state index >= 15 is 0 Å². The molecule has 0 saturated heterocycles. The van der Waals surface area contributed by atoms with E-state index in [0.717, 1.165) is 5.75 Å². The second kappa shape index (κ2) is 7.85. The molecule has 3 rings (SSSR count). The van der Waals surface area contributed by atoms with E-state index in [4.69, 9.17) is 4.74 Å². The van der Waals surface area contributed by atoms with E-state index in [1.54, 1.807) is 43.0 Å². The second-order valence-corrected chi connectivity index (χ2v) is 6.25. The van der Waals surface area contributed by atoms with Gasteiger partial charge in [-0.3, -0.25) is 10.2 Å². The summed E-state index contributed by atoms with van der Waals surface area (Å²) in [4.78, 5) is 12.5. The zero-order valence-corrected chi connectivity index (χ0v) is 14.8. The zero-order chi connectivity index (χ0) is 17.6. The summed E-state index contributed by atoms with van der Waals surface area (Å²) >= 11 is 1.52. The number of methoxy groups -OCH3 is 1. The van der Waals surface area contributed by atoms with Crippen molar-refractivity contribution in [1.29, 1.82) is 0 Å². The third kappa shape index (κ3) is 4.19. The van der Waals surface area contributed by atoms with Gasteiger partial charge in [0.25, 0.3) is 5.91 Å². The van der Waals surface area contributed by atoms with E-state index in [-0.39, 0.29) is 5.91 Å². The molecule has 2 aromatic carbocycles. The molecule has 0 spiro atoms. The predicted molar refractivity (Wildman–Crippen MR) is 97.4 cm³/mol. The van der Waals surface area contributed by atoms with Crippen LogP contribution in [0.5, 0.6) is 5.75 Å². The summed E-state index contributed by atoms with van der Waals surface area (Å²) in [6.45, 7) is 1.80. The number of nitrogens with one attached hydrogen (secondary N) is 1. The Kier molecular flexibility index (Phi) is 5.35. The maximum absolute atomic E-state index is 12.5. The highest BCUT2D eigenvalue weighted by Crippen LogP contribution is 2.21. The molecule has 0 fully saturated rings. The van der Waals surface area contributed by atoms with E-state index in [1.165, 1.54) is 17.3 Å². The molecular formula is C18H18N4O2S. The highest BCUT2D eigenvalue weighted by Gasteiger charge is 2.14. The van der Waals surface area contributed by atoms with Crippen LogP contribution in [0.3, 0.4) is 0 Å². The van der Waals surface area contributed by atoms with Crippen LogP contribution in [-0.2, 0) is 5.75 Å². The third-order valence-corrected chi connectivity index (χ3v) is 4.55. The number of rotatable bonds is 6. The summed E-state index contributed by atoms with van der Waals surface area (Å²) in [5.74, 6) is 1.75. The monoisotopic (exact) mass is 354 g/mol. The highest BCUT2D eigenvalue weighted by atomic mass is 32.2. The number of aromatic nitrogens is 3. The number of ether oxygens (including phenoxy) is 1. The van der Waals surface area contributed by atoms with Crippen molar-refractivity contribution in [2.24, 2.45) is 0 Å². The van der Waals surface area contributed by atoms with Crippen LogP contribution >= 0.6 is 11.8 Å². The number of benzene rings is 2. The molecule has 1 heterocycles. The smallest absolute Gasteiger partial charge is 0.270 e. The largest absolute Gasteiger partial charge is 0.497 e. The normalized spacial score (nSPS) is 10.5. The van der Waals surface area contributed by atoms with Gasteiger partial charge in [0.1, 0.15) is 11.6 Å². The minimum Gasteiger partial charge on any atom is -0.497 e. The van der Waals surface area contributed by atoms with Crippen LogP contribution in [0.15, 0.2) is 59.8 Å². The number of carbonyl (C=O) groups excluding carboxylic acids is 1. The highest BCUT2D eigenvalue weighted by molar-refractivity contribution is 7.98. The van der Waals surface area contributed by atoms with Gasteiger partial charge in [0.2, 0.25) is 5.16 Å². The van der Waals surface area contributed by atoms with Gasteiger partial charge < -0.3 is 4.74 Å². The molecule has 1 N–H and O–H groups in total. The Bertz CT molecular complexity index is 865. The van der Waals surface area contributed by atoms with Crippen LogP contribution < -0.4 is 10.2 Å². The van der Waals surface area contributed by atoms with Crippen LogP contribution in [0.1, 0.15) is 21.7 Å². The molecule has 1 amide bonds. The Labute approximate surface area is 150 Å². The maximum Gasteiger partial charge on any atom is 0.270 e. The Hall–Kier alpha value is -2.80. The van der Waals surface area contributed by atoms with Crippen molar-refractivity contribution in [3.63, 3.8) is 0 Å². The molecular weight excluding hydrogens is 336 g/mol. The van der Waals surface area contributed by atoms with Crippen molar-refractivity contribution in [2.75, 3.05) is 12.5 Å². The van der Waals surface area contributed by atoms with Crippen LogP contribution in [0, 0.1) is 6.92 Å². The van der Waals surface area contributed by atoms with Gasteiger partial charge in [-0.15, -0.1) is 10.2 Å². The van der Waals surface area contributed by atoms with E-state index in [0.29, 0.717) is 22.3 Å². The van der Waals surface area contributed by atoms with Crippen molar-refractivity contribution >= 4 is 17.7 Å². The van der Waals surface area contributed by atoms with Gasteiger partial charge in [-0.05, 0) is 30.7 Å². The van der Waals surface area contributed by atoms with Gasteiger partial charge in [0.15, 0.2) is 0 Å². The molecule has 25 heavy (non-hydrogen) atoms. The van der Waals surface area contributed by atoms with Gasteiger partial charge in [-0.25, -0.2) is 4.68 Å². The fourth-order valence-corrected chi connectivity index (χ4v) is 3.11. The summed E-state index contributed by atoms with van der Waals surface area (Å²) in [7, 11) is 1.57. The molecule has 0 saturated carbocycles. The van der Waals surface area contributed by atoms with Crippen LogP contribution in [0.4, 0.5) is 0 Å². The van der Waals surface area contributed by atoms with Crippen molar-refractivity contribution in [1.82, 2.24) is 14.9 Å². The third-order valence-electron chi connectivity index (χ3n) is 3.55. The zero-order valence-electron chi connectivity index (χ0n) is 14.0. The maximum atomic E-state index is 12.5. The Balaban J connectivity index is 1.73. The predicted octanol–water partition coefficient (Wildman–Crippen LogP) is 3.27. The molecule has 0 atom stereocenters. The lowest BCUT2D eigenvalue weighted by molar-refractivity contribution is 0.100. The lowest BCUT2D eigenvalue weighted by Gasteiger charge is -2.10. The Morgan fingerprint density at radius 2 is 1.96 bits per heavy atom. The van der Waals surface area contributed by atoms with E-state index in [2.05, 4.69) is 27.8 Å². The fourth-order valence-electron chi connectivity index (χ4n) is 2.22. The molecule has 0 aliphatic carbocycles. The molecule has 0 aliphatic rings. The quantitative estimate of drug-likeness (QED) is 0.688. The lowest BCUT2D eigenvalue weighted by Crippen LogP contribution is -2.24. The molecule has 128 valence electrons.